The summed E-state index contributed by atoms with van der Waals surface area (Å²) in [5.41, 5.74) is 0.990. The highest BCUT2D eigenvalue weighted by Gasteiger charge is 2.28. The third kappa shape index (κ3) is 4.54. The molecule has 0 unspecified atom stereocenters. The maximum atomic E-state index is 11.8. The van der Waals surface area contributed by atoms with Gasteiger partial charge in [0.25, 0.3) is 0 Å². The number of halogens is 3. The van der Waals surface area contributed by atoms with E-state index in [1.807, 2.05) is 0 Å². The van der Waals surface area contributed by atoms with E-state index in [1.165, 1.54) is 12.1 Å². The maximum absolute atomic E-state index is 11.8. The summed E-state index contributed by atoms with van der Waals surface area (Å²) in [5.74, 6) is 0.222. The van der Waals surface area contributed by atoms with Gasteiger partial charge < -0.3 is 4.74 Å². The molecule has 1 rings (SSSR count). The van der Waals surface area contributed by atoms with Crippen molar-refractivity contribution in [2.45, 2.75) is 12.6 Å². The SMILES string of the molecule is C=CCc1ccc(OCC(F)(F)F)cc1. The number of hydrogen-bond donors (Lipinski definition) is 0. The van der Waals surface area contributed by atoms with Crippen LogP contribution in [0.15, 0.2) is 36.9 Å². The molecule has 0 radical (unpaired) electrons. The molecule has 0 aromatic heterocycles. The molecular weight excluding hydrogens is 205 g/mol. The summed E-state index contributed by atoms with van der Waals surface area (Å²) < 4.78 is 40.0. The summed E-state index contributed by atoms with van der Waals surface area (Å²) in [6.07, 6.45) is -1.87. The Morgan fingerprint density at radius 1 is 1.20 bits per heavy atom. The molecule has 0 N–H and O–H groups in total. The fourth-order valence-corrected chi connectivity index (χ4v) is 1.05. The Hall–Kier alpha value is -1.45. The monoisotopic (exact) mass is 216 g/mol. The molecule has 0 heterocycles. The van der Waals surface area contributed by atoms with Gasteiger partial charge in [0.2, 0.25) is 0 Å². The molecular formula is C11H11F3O. The van der Waals surface area contributed by atoms with Crippen LogP contribution in [0.5, 0.6) is 5.75 Å². The van der Waals surface area contributed by atoms with Gasteiger partial charge in [-0.1, -0.05) is 18.2 Å². The van der Waals surface area contributed by atoms with Gasteiger partial charge in [-0.25, -0.2) is 0 Å². The van der Waals surface area contributed by atoms with Crippen LogP contribution in [0, 0.1) is 0 Å². The number of hydrogen-bond acceptors (Lipinski definition) is 1. The highest BCUT2D eigenvalue weighted by Crippen LogP contribution is 2.18. The van der Waals surface area contributed by atoms with Crippen LogP contribution in [0.3, 0.4) is 0 Å². The van der Waals surface area contributed by atoms with E-state index in [4.69, 9.17) is 0 Å². The molecule has 0 saturated heterocycles. The predicted octanol–water partition coefficient (Wildman–Crippen LogP) is 3.36. The molecule has 0 atom stereocenters. The number of rotatable bonds is 4. The molecule has 0 spiro atoms. The molecule has 0 saturated carbocycles. The van der Waals surface area contributed by atoms with E-state index in [0.717, 1.165) is 5.56 Å². The average molecular weight is 216 g/mol. The van der Waals surface area contributed by atoms with Gasteiger partial charge in [-0.3, -0.25) is 0 Å². The van der Waals surface area contributed by atoms with Crippen molar-refractivity contribution in [2.24, 2.45) is 0 Å². The zero-order chi connectivity index (χ0) is 11.3. The van der Waals surface area contributed by atoms with Crippen LogP contribution >= 0.6 is 0 Å². The third-order valence-electron chi connectivity index (χ3n) is 1.71. The minimum atomic E-state index is -4.29. The molecule has 15 heavy (non-hydrogen) atoms. The Kier molecular flexibility index (Phi) is 3.77. The van der Waals surface area contributed by atoms with Gasteiger partial charge >= 0.3 is 6.18 Å². The van der Waals surface area contributed by atoms with Gasteiger partial charge in [-0.2, -0.15) is 13.2 Å². The Bertz CT molecular complexity index is 314. The van der Waals surface area contributed by atoms with Crippen LogP contribution in [0.4, 0.5) is 13.2 Å². The van der Waals surface area contributed by atoms with E-state index in [1.54, 1.807) is 18.2 Å². The summed E-state index contributed by atoms with van der Waals surface area (Å²) in [6.45, 7) is 2.31. The lowest BCUT2D eigenvalue weighted by Crippen LogP contribution is -2.19. The van der Waals surface area contributed by atoms with Crippen LogP contribution in [0.2, 0.25) is 0 Å². The minimum absolute atomic E-state index is 0.222. The largest absolute Gasteiger partial charge is 0.484 e. The molecule has 0 aliphatic carbocycles. The lowest BCUT2D eigenvalue weighted by atomic mass is 10.1. The summed E-state index contributed by atoms with van der Waals surface area (Å²) in [5, 5.41) is 0. The maximum Gasteiger partial charge on any atom is 0.422 e. The third-order valence-corrected chi connectivity index (χ3v) is 1.71. The lowest BCUT2D eigenvalue weighted by Gasteiger charge is -2.09. The summed E-state index contributed by atoms with van der Waals surface area (Å²) in [6, 6.07) is 6.47. The van der Waals surface area contributed by atoms with E-state index in [-0.39, 0.29) is 5.75 Å². The molecule has 4 heteroatoms. The molecule has 1 aromatic rings. The molecule has 0 aliphatic heterocycles. The van der Waals surface area contributed by atoms with Crippen LogP contribution in [0.1, 0.15) is 5.56 Å². The lowest BCUT2D eigenvalue weighted by molar-refractivity contribution is -0.153. The second kappa shape index (κ2) is 4.87. The predicted molar refractivity (Wildman–Crippen MR) is 51.9 cm³/mol. The van der Waals surface area contributed by atoms with Gasteiger partial charge in [-0.05, 0) is 24.1 Å². The summed E-state index contributed by atoms with van der Waals surface area (Å²) in [4.78, 5) is 0. The molecule has 1 aromatic carbocycles. The van der Waals surface area contributed by atoms with E-state index < -0.39 is 12.8 Å². The van der Waals surface area contributed by atoms with E-state index in [0.29, 0.717) is 6.42 Å². The Balaban J connectivity index is 2.53. The van der Waals surface area contributed by atoms with Crippen LogP contribution in [-0.4, -0.2) is 12.8 Å². The summed E-state index contributed by atoms with van der Waals surface area (Å²) >= 11 is 0. The van der Waals surface area contributed by atoms with E-state index in [2.05, 4.69) is 11.3 Å². The second-order valence-electron chi connectivity index (χ2n) is 3.04. The van der Waals surface area contributed by atoms with Crippen molar-refractivity contribution in [3.8, 4) is 5.75 Å². The van der Waals surface area contributed by atoms with Gasteiger partial charge in [0.15, 0.2) is 6.61 Å². The minimum Gasteiger partial charge on any atom is -0.484 e. The fraction of sp³-hybridized carbons (Fsp3) is 0.273. The molecule has 0 aliphatic rings. The van der Waals surface area contributed by atoms with Crippen molar-refractivity contribution in [3.05, 3.63) is 42.5 Å². The van der Waals surface area contributed by atoms with Crippen molar-refractivity contribution >= 4 is 0 Å². The van der Waals surface area contributed by atoms with E-state index >= 15 is 0 Å². The first-order chi connectivity index (χ1) is 7.01. The number of benzene rings is 1. The standard InChI is InChI=1S/C11H11F3O/c1-2-3-9-4-6-10(7-5-9)15-8-11(12,13)14/h2,4-7H,1,3,8H2. The van der Waals surface area contributed by atoms with Gasteiger partial charge in [0, 0.05) is 0 Å². The zero-order valence-corrected chi connectivity index (χ0v) is 8.05. The van der Waals surface area contributed by atoms with Crippen molar-refractivity contribution in [3.63, 3.8) is 0 Å². The highest BCUT2D eigenvalue weighted by atomic mass is 19.4. The first kappa shape index (κ1) is 11.6. The topological polar surface area (TPSA) is 9.23 Å². The summed E-state index contributed by atoms with van der Waals surface area (Å²) in [7, 11) is 0. The Morgan fingerprint density at radius 2 is 1.80 bits per heavy atom. The quantitative estimate of drug-likeness (QED) is 0.701. The molecule has 82 valence electrons. The van der Waals surface area contributed by atoms with Crippen LogP contribution in [0.25, 0.3) is 0 Å². The Morgan fingerprint density at radius 3 is 2.27 bits per heavy atom. The van der Waals surface area contributed by atoms with Crippen molar-refractivity contribution in [1.29, 1.82) is 0 Å². The Labute approximate surface area is 86.2 Å². The first-order valence-electron chi connectivity index (χ1n) is 4.40. The zero-order valence-electron chi connectivity index (χ0n) is 8.05. The van der Waals surface area contributed by atoms with Crippen LogP contribution in [-0.2, 0) is 6.42 Å². The van der Waals surface area contributed by atoms with Gasteiger partial charge in [-0.15, -0.1) is 6.58 Å². The van der Waals surface area contributed by atoms with Crippen molar-refractivity contribution < 1.29 is 17.9 Å². The fourth-order valence-electron chi connectivity index (χ4n) is 1.05. The number of ether oxygens (including phenoxy) is 1. The number of allylic oxidation sites excluding steroid dienone is 1. The number of alkyl halides is 3. The van der Waals surface area contributed by atoms with Gasteiger partial charge in [0.1, 0.15) is 5.75 Å². The molecule has 1 nitrogen and oxygen atoms in total. The van der Waals surface area contributed by atoms with Crippen molar-refractivity contribution in [1.82, 2.24) is 0 Å². The van der Waals surface area contributed by atoms with Crippen molar-refractivity contribution in [2.75, 3.05) is 6.61 Å². The molecule has 0 bridgehead atoms. The van der Waals surface area contributed by atoms with E-state index in [9.17, 15) is 13.2 Å². The first-order valence-corrected chi connectivity index (χ1v) is 4.40. The van der Waals surface area contributed by atoms with Gasteiger partial charge in [0.05, 0.1) is 0 Å². The smallest absolute Gasteiger partial charge is 0.422 e. The van der Waals surface area contributed by atoms with Crippen LogP contribution < -0.4 is 4.74 Å². The average Bonchev–Trinajstić information content (AvgIpc) is 2.16. The molecule has 0 amide bonds. The molecule has 0 fully saturated rings. The second-order valence-corrected chi connectivity index (χ2v) is 3.04. The normalized spacial score (nSPS) is 11.1. The highest BCUT2D eigenvalue weighted by molar-refractivity contribution is 5.28.